The third kappa shape index (κ3) is 6.33. The van der Waals surface area contributed by atoms with E-state index in [1.54, 1.807) is 12.1 Å². The first kappa shape index (κ1) is 25.9. The first-order chi connectivity index (χ1) is 17.5. The molecule has 1 atom stereocenters. The summed E-state index contributed by atoms with van der Waals surface area (Å²) in [5, 5.41) is 0. The van der Waals surface area contributed by atoms with E-state index in [1.807, 2.05) is 50.2 Å². The Balaban J connectivity index is 1.29. The van der Waals surface area contributed by atoms with Gasteiger partial charge in [-0.05, 0) is 73.7 Å². The summed E-state index contributed by atoms with van der Waals surface area (Å²) in [6, 6.07) is 25.1. The average Bonchev–Trinajstić information content (AvgIpc) is 2.92. The van der Waals surface area contributed by atoms with E-state index in [2.05, 4.69) is 34.1 Å². The van der Waals surface area contributed by atoms with Gasteiger partial charge >= 0.3 is 5.97 Å². The van der Waals surface area contributed by atoms with Gasteiger partial charge < -0.3 is 9.64 Å². The number of halogens is 1. The first-order valence-corrected chi connectivity index (χ1v) is 13.1. The zero-order chi connectivity index (χ0) is 25.4. The van der Waals surface area contributed by atoms with Gasteiger partial charge in [0, 0.05) is 31.9 Å². The highest BCUT2D eigenvalue weighted by atomic mass is 19.1. The Hall–Kier alpha value is -3.18. The van der Waals surface area contributed by atoms with E-state index in [-0.39, 0.29) is 11.8 Å². The molecule has 36 heavy (non-hydrogen) atoms. The maximum absolute atomic E-state index is 13.6. The lowest BCUT2D eigenvalue weighted by molar-refractivity contribution is -0.150. The van der Waals surface area contributed by atoms with Crippen LogP contribution < -0.4 is 4.90 Å². The lowest BCUT2D eigenvalue weighted by Crippen LogP contribution is -2.47. The molecule has 1 saturated heterocycles. The van der Waals surface area contributed by atoms with Crippen molar-refractivity contribution in [3.63, 3.8) is 0 Å². The minimum atomic E-state index is -0.623. The van der Waals surface area contributed by atoms with Crippen molar-refractivity contribution in [3.05, 3.63) is 90.2 Å². The Morgan fingerprint density at radius 3 is 2.31 bits per heavy atom. The van der Waals surface area contributed by atoms with Gasteiger partial charge in [0.15, 0.2) is 0 Å². The van der Waals surface area contributed by atoms with E-state index in [9.17, 15) is 9.18 Å². The van der Waals surface area contributed by atoms with Gasteiger partial charge in [-0.3, -0.25) is 9.69 Å². The van der Waals surface area contributed by atoms with Gasteiger partial charge in [0.1, 0.15) is 5.82 Å². The van der Waals surface area contributed by atoms with E-state index in [0.29, 0.717) is 6.61 Å². The molecule has 0 amide bonds. The number of ether oxygens (including phenoxy) is 1. The van der Waals surface area contributed by atoms with Crippen LogP contribution in [0.4, 0.5) is 10.1 Å². The van der Waals surface area contributed by atoms with Gasteiger partial charge in [0.25, 0.3) is 0 Å². The fourth-order valence-corrected chi connectivity index (χ4v) is 4.94. The van der Waals surface area contributed by atoms with Gasteiger partial charge in [-0.2, -0.15) is 0 Å². The molecule has 3 aromatic rings. The summed E-state index contributed by atoms with van der Waals surface area (Å²) in [5.41, 5.74) is 3.52. The maximum Gasteiger partial charge on any atom is 0.316 e. The SMILES string of the molecule is CCCOC(=O)C(C)(CCCN1CCN(c2ccc(-c3cccc(F)c3)cc2)CC1)c1ccccc1. The van der Waals surface area contributed by atoms with E-state index in [1.165, 1.54) is 11.8 Å². The highest BCUT2D eigenvalue weighted by Crippen LogP contribution is 2.31. The predicted molar refractivity (Wildman–Crippen MR) is 145 cm³/mol. The quantitative estimate of drug-likeness (QED) is 0.313. The Bertz CT molecular complexity index is 1110. The molecule has 1 aliphatic rings. The molecular formula is C31H37FN2O2. The van der Waals surface area contributed by atoms with Crippen molar-refractivity contribution in [2.75, 3.05) is 44.2 Å². The maximum atomic E-state index is 13.6. The van der Waals surface area contributed by atoms with Crippen molar-refractivity contribution in [2.45, 2.75) is 38.5 Å². The summed E-state index contributed by atoms with van der Waals surface area (Å²) < 4.78 is 19.1. The van der Waals surface area contributed by atoms with Crippen LogP contribution in [0.15, 0.2) is 78.9 Å². The summed E-state index contributed by atoms with van der Waals surface area (Å²) in [4.78, 5) is 17.9. The van der Waals surface area contributed by atoms with Crippen molar-refractivity contribution in [2.24, 2.45) is 0 Å². The average molecular weight is 489 g/mol. The zero-order valence-corrected chi connectivity index (χ0v) is 21.5. The Kier molecular flexibility index (Phi) is 8.76. The highest BCUT2D eigenvalue weighted by molar-refractivity contribution is 5.82. The van der Waals surface area contributed by atoms with Crippen LogP contribution >= 0.6 is 0 Å². The number of carbonyl (C=O) groups is 1. The van der Waals surface area contributed by atoms with E-state index < -0.39 is 5.41 Å². The van der Waals surface area contributed by atoms with Crippen LogP contribution in [0.5, 0.6) is 0 Å². The van der Waals surface area contributed by atoms with Crippen molar-refractivity contribution < 1.29 is 13.9 Å². The smallest absolute Gasteiger partial charge is 0.316 e. The van der Waals surface area contributed by atoms with Crippen LogP contribution in [-0.2, 0) is 14.9 Å². The fourth-order valence-electron chi connectivity index (χ4n) is 4.94. The van der Waals surface area contributed by atoms with Crippen LogP contribution in [0.2, 0.25) is 0 Å². The Labute approximate surface area is 214 Å². The minimum absolute atomic E-state index is 0.123. The third-order valence-corrected chi connectivity index (χ3v) is 7.21. The number of nitrogens with zero attached hydrogens (tertiary/aromatic N) is 2. The molecular weight excluding hydrogens is 451 g/mol. The molecule has 0 spiro atoms. The van der Waals surface area contributed by atoms with Crippen molar-refractivity contribution in [1.82, 2.24) is 4.90 Å². The molecule has 1 fully saturated rings. The number of anilines is 1. The van der Waals surface area contributed by atoms with Crippen LogP contribution in [0.25, 0.3) is 11.1 Å². The fraction of sp³-hybridized carbons (Fsp3) is 0.387. The largest absolute Gasteiger partial charge is 0.465 e. The number of carbonyl (C=O) groups excluding carboxylic acids is 1. The number of esters is 1. The molecule has 4 rings (SSSR count). The first-order valence-electron chi connectivity index (χ1n) is 13.1. The van der Waals surface area contributed by atoms with Crippen molar-refractivity contribution in [3.8, 4) is 11.1 Å². The molecule has 5 heteroatoms. The van der Waals surface area contributed by atoms with Crippen LogP contribution in [0.3, 0.4) is 0 Å². The normalized spacial score (nSPS) is 15.9. The van der Waals surface area contributed by atoms with Gasteiger partial charge in [0.2, 0.25) is 0 Å². The number of piperazine rings is 1. The van der Waals surface area contributed by atoms with Gasteiger partial charge in [-0.25, -0.2) is 4.39 Å². The second-order valence-electron chi connectivity index (χ2n) is 9.82. The molecule has 1 heterocycles. The standard InChI is InChI=1S/C31H37FN2O2/c1-3-23-36-30(35)31(2,27-10-5-4-6-11-27)17-8-18-33-19-21-34(22-20-33)29-15-13-25(14-16-29)26-9-7-12-28(32)24-26/h4-7,9-16,24H,3,8,17-23H2,1-2H3. The highest BCUT2D eigenvalue weighted by Gasteiger charge is 2.36. The Morgan fingerprint density at radius 2 is 1.64 bits per heavy atom. The van der Waals surface area contributed by atoms with Crippen LogP contribution in [-0.4, -0.2) is 50.2 Å². The second kappa shape index (κ2) is 12.2. The summed E-state index contributed by atoms with van der Waals surface area (Å²) in [7, 11) is 0. The molecule has 3 aromatic carbocycles. The molecule has 0 aliphatic carbocycles. The number of hydrogen-bond donors (Lipinski definition) is 0. The lowest BCUT2D eigenvalue weighted by atomic mass is 9.78. The van der Waals surface area contributed by atoms with Crippen LogP contribution in [0, 0.1) is 5.82 Å². The minimum Gasteiger partial charge on any atom is -0.465 e. The molecule has 1 unspecified atom stereocenters. The predicted octanol–water partition coefficient (Wildman–Crippen LogP) is 6.31. The molecule has 0 saturated carbocycles. The van der Waals surface area contributed by atoms with Crippen LogP contribution in [0.1, 0.15) is 38.7 Å². The summed E-state index contributed by atoms with van der Waals surface area (Å²) in [6.07, 6.45) is 2.53. The van der Waals surface area contributed by atoms with Crippen molar-refractivity contribution >= 4 is 11.7 Å². The monoisotopic (exact) mass is 488 g/mol. The molecule has 0 bridgehead atoms. The van der Waals surface area contributed by atoms with E-state index in [0.717, 1.165) is 68.7 Å². The molecule has 1 aliphatic heterocycles. The Morgan fingerprint density at radius 1 is 0.917 bits per heavy atom. The lowest BCUT2D eigenvalue weighted by Gasteiger charge is -2.37. The number of rotatable bonds is 10. The summed E-state index contributed by atoms with van der Waals surface area (Å²) in [6.45, 7) is 9.39. The topological polar surface area (TPSA) is 32.8 Å². The van der Waals surface area contributed by atoms with Gasteiger partial charge in [0.05, 0.1) is 12.0 Å². The third-order valence-electron chi connectivity index (χ3n) is 7.21. The summed E-state index contributed by atoms with van der Waals surface area (Å²) >= 11 is 0. The summed E-state index contributed by atoms with van der Waals surface area (Å²) in [5.74, 6) is -0.336. The zero-order valence-electron chi connectivity index (χ0n) is 21.5. The number of hydrogen-bond acceptors (Lipinski definition) is 4. The van der Waals surface area contributed by atoms with E-state index >= 15 is 0 Å². The number of benzene rings is 3. The van der Waals surface area contributed by atoms with Gasteiger partial charge in [-0.1, -0.05) is 61.5 Å². The van der Waals surface area contributed by atoms with Crippen molar-refractivity contribution in [1.29, 1.82) is 0 Å². The van der Waals surface area contributed by atoms with Gasteiger partial charge in [-0.15, -0.1) is 0 Å². The molecule has 0 aromatic heterocycles. The molecule has 4 nitrogen and oxygen atoms in total. The van der Waals surface area contributed by atoms with E-state index in [4.69, 9.17) is 4.74 Å². The molecule has 0 radical (unpaired) electrons. The molecule has 0 N–H and O–H groups in total. The molecule has 190 valence electrons. The second-order valence-corrected chi connectivity index (χ2v) is 9.82.